The molecule has 0 N–H and O–H groups in total. The van der Waals surface area contributed by atoms with Crippen molar-refractivity contribution in [3.05, 3.63) is 21.7 Å². The average molecular weight is 277 g/mol. The lowest BCUT2D eigenvalue weighted by atomic mass is 10.0. The van der Waals surface area contributed by atoms with Crippen molar-refractivity contribution in [1.29, 1.82) is 0 Å². The molecular formula is C12H18Cl2N2O. The molecule has 0 fully saturated rings. The first-order valence-corrected chi connectivity index (χ1v) is 6.51. The topological polar surface area (TPSA) is 35.0 Å². The molecule has 1 unspecified atom stereocenters. The minimum atomic E-state index is -0.544. The molecule has 0 aliphatic rings. The maximum Gasteiger partial charge on any atom is 0.163 e. The van der Waals surface area contributed by atoms with Gasteiger partial charge in [-0.15, -0.1) is 0 Å². The van der Waals surface area contributed by atoms with Crippen LogP contribution in [0.25, 0.3) is 0 Å². The zero-order valence-corrected chi connectivity index (χ0v) is 12.2. The highest BCUT2D eigenvalue weighted by molar-refractivity contribution is 6.34. The van der Waals surface area contributed by atoms with E-state index in [-0.39, 0.29) is 0 Å². The van der Waals surface area contributed by atoms with Gasteiger partial charge in [-0.25, -0.2) is 9.97 Å². The van der Waals surface area contributed by atoms with Gasteiger partial charge in [-0.3, -0.25) is 0 Å². The fourth-order valence-electron chi connectivity index (χ4n) is 1.52. The molecular weight excluding hydrogens is 259 g/mol. The zero-order chi connectivity index (χ0) is 13.1. The van der Waals surface area contributed by atoms with E-state index < -0.39 is 5.60 Å². The maximum atomic E-state index is 6.14. The molecule has 1 rings (SSSR count). The summed E-state index contributed by atoms with van der Waals surface area (Å²) < 4.78 is 5.44. The van der Waals surface area contributed by atoms with Gasteiger partial charge in [0.2, 0.25) is 0 Å². The minimum absolute atomic E-state index is 0.429. The molecule has 1 atom stereocenters. The Hall–Kier alpha value is -0.380. The van der Waals surface area contributed by atoms with Gasteiger partial charge < -0.3 is 4.74 Å². The quantitative estimate of drug-likeness (QED) is 0.763. The van der Waals surface area contributed by atoms with E-state index in [2.05, 4.69) is 16.9 Å². The molecule has 1 heterocycles. The molecule has 3 nitrogen and oxygen atoms in total. The molecule has 96 valence electrons. The molecule has 0 saturated heterocycles. The van der Waals surface area contributed by atoms with E-state index in [4.69, 9.17) is 27.9 Å². The number of hydrogen-bond acceptors (Lipinski definition) is 3. The number of hydrogen-bond donors (Lipinski definition) is 0. The Morgan fingerprint density at radius 3 is 2.06 bits per heavy atom. The molecule has 0 saturated carbocycles. The fraction of sp³-hybridized carbons (Fsp3) is 0.667. The van der Waals surface area contributed by atoms with Crippen molar-refractivity contribution >= 4 is 23.2 Å². The molecule has 0 radical (unpaired) electrons. The van der Waals surface area contributed by atoms with Crippen LogP contribution in [0.3, 0.4) is 0 Å². The summed E-state index contributed by atoms with van der Waals surface area (Å²) in [5.41, 5.74) is 0.270. The summed E-state index contributed by atoms with van der Waals surface area (Å²) in [5, 5.41) is 0.858. The van der Waals surface area contributed by atoms with Crippen molar-refractivity contribution in [2.24, 2.45) is 0 Å². The van der Waals surface area contributed by atoms with Crippen LogP contribution in [0.15, 0.2) is 0 Å². The van der Waals surface area contributed by atoms with E-state index in [0.717, 1.165) is 24.8 Å². The van der Waals surface area contributed by atoms with Crippen LogP contribution in [0.1, 0.15) is 45.0 Å². The number of halogens is 2. The summed E-state index contributed by atoms with van der Waals surface area (Å²) in [7, 11) is 1.63. The second-order valence-electron chi connectivity index (χ2n) is 4.15. The first kappa shape index (κ1) is 14.7. The van der Waals surface area contributed by atoms with Crippen LogP contribution in [0, 0.1) is 0 Å². The van der Waals surface area contributed by atoms with Gasteiger partial charge >= 0.3 is 0 Å². The van der Waals surface area contributed by atoms with E-state index in [1.165, 1.54) is 0 Å². The molecule has 0 aromatic carbocycles. The smallest absolute Gasteiger partial charge is 0.163 e. The van der Waals surface area contributed by atoms with Gasteiger partial charge in [-0.05, 0) is 19.8 Å². The first-order valence-electron chi connectivity index (χ1n) is 5.76. The number of nitrogens with zero attached hydrogens (tertiary/aromatic N) is 2. The van der Waals surface area contributed by atoms with E-state index in [1.807, 2.05) is 13.8 Å². The largest absolute Gasteiger partial charge is 0.371 e. The van der Waals surface area contributed by atoms with E-state index in [0.29, 0.717) is 16.1 Å². The molecule has 0 bridgehead atoms. The van der Waals surface area contributed by atoms with Crippen LogP contribution in [0.5, 0.6) is 0 Å². The van der Waals surface area contributed by atoms with Gasteiger partial charge in [0.25, 0.3) is 0 Å². The van der Waals surface area contributed by atoms with E-state index in [1.54, 1.807) is 7.11 Å². The highest BCUT2D eigenvalue weighted by atomic mass is 35.5. The SMILES string of the molecule is CCCc1c(Cl)nc(C(C)(CC)OC)nc1Cl. The normalized spacial score (nSPS) is 14.7. The molecule has 0 amide bonds. The van der Waals surface area contributed by atoms with Gasteiger partial charge in [0.05, 0.1) is 0 Å². The maximum absolute atomic E-state index is 6.14. The summed E-state index contributed by atoms with van der Waals surface area (Å²) in [6.45, 7) is 6.00. The third-order valence-corrected chi connectivity index (χ3v) is 3.63. The lowest BCUT2D eigenvalue weighted by Crippen LogP contribution is -2.26. The van der Waals surface area contributed by atoms with Crippen molar-refractivity contribution in [1.82, 2.24) is 9.97 Å². The number of ether oxygens (including phenoxy) is 1. The Morgan fingerprint density at radius 1 is 1.18 bits per heavy atom. The van der Waals surface area contributed by atoms with Crippen LogP contribution in [-0.4, -0.2) is 17.1 Å². The van der Waals surface area contributed by atoms with E-state index in [9.17, 15) is 0 Å². The lowest BCUT2D eigenvalue weighted by Gasteiger charge is -2.25. The van der Waals surface area contributed by atoms with Crippen molar-refractivity contribution in [2.75, 3.05) is 7.11 Å². The zero-order valence-electron chi connectivity index (χ0n) is 10.7. The molecule has 1 aromatic rings. The molecule has 0 spiro atoms. The highest BCUT2D eigenvalue weighted by Crippen LogP contribution is 2.30. The summed E-state index contributed by atoms with van der Waals surface area (Å²) in [5.74, 6) is 0.539. The highest BCUT2D eigenvalue weighted by Gasteiger charge is 2.29. The predicted octanol–water partition coefficient (Wildman–Crippen LogP) is 4.01. The number of methoxy groups -OCH3 is 1. The van der Waals surface area contributed by atoms with Crippen molar-refractivity contribution in [2.45, 2.75) is 45.6 Å². The standard InChI is InChI=1S/C12H18Cl2N2O/c1-5-7-8-9(13)15-11(16-10(8)14)12(3,6-2)17-4/h5-7H2,1-4H3. The van der Waals surface area contributed by atoms with Crippen LogP contribution < -0.4 is 0 Å². The number of aromatic nitrogens is 2. The fourth-order valence-corrected chi connectivity index (χ4v) is 2.09. The third-order valence-electron chi connectivity index (χ3n) is 3.00. The van der Waals surface area contributed by atoms with Crippen LogP contribution in [0.2, 0.25) is 10.3 Å². The molecule has 17 heavy (non-hydrogen) atoms. The molecule has 0 aliphatic heterocycles. The molecule has 1 aromatic heterocycles. The Balaban J connectivity index is 3.22. The predicted molar refractivity (Wildman–Crippen MR) is 70.7 cm³/mol. The van der Waals surface area contributed by atoms with Gasteiger partial charge in [0, 0.05) is 12.7 Å². The van der Waals surface area contributed by atoms with Gasteiger partial charge in [0.1, 0.15) is 15.9 Å². The Morgan fingerprint density at radius 2 is 1.71 bits per heavy atom. The van der Waals surface area contributed by atoms with Gasteiger partial charge in [0.15, 0.2) is 5.82 Å². The Kier molecular flexibility index (Phi) is 5.17. The van der Waals surface area contributed by atoms with Crippen LogP contribution in [-0.2, 0) is 16.8 Å². The van der Waals surface area contributed by atoms with Crippen LogP contribution >= 0.6 is 23.2 Å². The summed E-state index contributed by atoms with van der Waals surface area (Å²) >= 11 is 12.3. The Bertz CT molecular complexity index is 369. The average Bonchev–Trinajstić information content (AvgIpc) is 2.32. The third kappa shape index (κ3) is 3.09. The summed E-state index contributed by atoms with van der Waals surface area (Å²) in [4.78, 5) is 8.62. The van der Waals surface area contributed by atoms with Crippen molar-refractivity contribution in [3.8, 4) is 0 Å². The second kappa shape index (κ2) is 5.98. The monoisotopic (exact) mass is 276 g/mol. The molecule has 0 aliphatic carbocycles. The van der Waals surface area contributed by atoms with Gasteiger partial charge in [-0.1, -0.05) is 43.5 Å². The Labute approximate surface area is 113 Å². The molecule has 5 heteroatoms. The number of rotatable bonds is 5. The second-order valence-corrected chi connectivity index (χ2v) is 4.86. The van der Waals surface area contributed by atoms with E-state index >= 15 is 0 Å². The summed E-state index contributed by atoms with van der Waals surface area (Å²) in [6.07, 6.45) is 2.49. The van der Waals surface area contributed by atoms with Crippen molar-refractivity contribution in [3.63, 3.8) is 0 Å². The van der Waals surface area contributed by atoms with Gasteiger partial charge in [-0.2, -0.15) is 0 Å². The summed E-state index contributed by atoms with van der Waals surface area (Å²) in [6, 6.07) is 0. The van der Waals surface area contributed by atoms with Crippen molar-refractivity contribution < 1.29 is 4.74 Å². The first-order chi connectivity index (χ1) is 7.98. The minimum Gasteiger partial charge on any atom is -0.371 e. The lowest BCUT2D eigenvalue weighted by molar-refractivity contribution is -0.00900. The van der Waals surface area contributed by atoms with Crippen LogP contribution in [0.4, 0.5) is 0 Å².